The monoisotopic (exact) mass is 368 g/mol. The van der Waals surface area contributed by atoms with Crippen LogP contribution in [0.1, 0.15) is 6.92 Å². The van der Waals surface area contributed by atoms with E-state index in [9.17, 15) is 18.0 Å². The van der Waals surface area contributed by atoms with Crippen molar-refractivity contribution in [3.8, 4) is 0 Å². The van der Waals surface area contributed by atoms with Crippen LogP contribution in [0.15, 0.2) is 32.7 Å². The molecule has 1 aromatic carbocycles. The molecular weight excluding hydrogens is 348 g/mol. The summed E-state index contributed by atoms with van der Waals surface area (Å²) in [7, 11) is -3.78. The Hall–Kier alpha value is -2.01. The van der Waals surface area contributed by atoms with Crippen LogP contribution >= 0.6 is 0 Å². The molecule has 0 radical (unpaired) electrons. The van der Waals surface area contributed by atoms with Gasteiger partial charge in [0.15, 0.2) is 0 Å². The third kappa shape index (κ3) is 4.15. The summed E-state index contributed by atoms with van der Waals surface area (Å²) in [4.78, 5) is 29.8. The number of H-pyrrole nitrogens is 2. The van der Waals surface area contributed by atoms with Crippen LogP contribution in [0.4, 0.5) is 0 Å². The molecule has 0 amide bonds. The highest BCUT2D eigenvalue weighted by Gasteiger charge is 2.21. The van der Waals surface area contributed by atoms with Crippen molar-refractivity contribution in [1.29, 1.82) is 0 Å². The molecule has 10 heteroatoms. The van der Waals surface area contributed by atoms with Gasteiger partial charge in [-0.15, -0.1) is 0 Å². The quantitative estimate of drug-likeness (QED) is 0.636. The van der Waals surface area contributed by atoms with Gasteiger partial charge in [-0.3, -0.25) is 14.7 Å². The van der Waals surface area contributed by atoms with Crippen molar-refractivity contribution in [2.75, 3.05) is 32.8 Å². The number of nitrogens with zero attached hydrogens (tertiary/aromatic N) is 1. The lowest BCUT2D eigenvalue weighted by Gasteiger charge is -2.29. The van der Waals surface area contributed by atoms with E-state index in [0.717, 1.165) is 13.1 Å². The first-order chi connectivity index (χ1) is 11.8. The molecular formula is C15H20N4O5S. The minimum atomic E-state index is -3.78. The largest absolute Gasteiger partial charge is 0.379 e. The molecule has 0 spiro atoms. The van der Waals surface area contributed by atoms with Crippen LogP contribution in [0.3, 0.4) is 0 Å². The zero-order chi connectivity index (χ0) is 18.0. The fraction of sp³-hybridized carbons (Fsp3) is 0.467. The lowest BCUT2D eigenvalue weighted by Crippen LogP contribution is -2.45. The summed E-state index contributed by atoms with van der Waals surface area (Å²) in [5.41, 5.74) is -0.975. The van der Waals surface area contributed by atoms with Crippen LogP contribution in [0.5, 0.6) is 0 Å². The molecule has 1 aliphatic heterocycles. The standard InChI is InChI=1S/C15H20N4O5S/c1-10(9-19-4-6-24-7-5-19)18-25(22,23)11-2-3-13-12(8-11)14(20)17-15(21)16-13/h2-3,8,10,18H,4-7,9H2,1H3,(H2,16,17,20,21). The molecule has 3 rings (SSSR count). The number of ether oxygens (including phenoxy) is 1. The van der Waals surface area contributed by atoms with Crippen molar-refractivity contribution in [2.45, 2.75) is 17.9 Å². The highest BCUT2D eigenvalue weighted by molar-refractivity contribution is 7.89. The molecule has 1 fully saturated rings. The molecule has 0 bridgehead atoms. The van der Waals surface area contributed by atoms with Gasteiger partial charge in [-0.2, -0.15) is 0 Å². The lowest BCUT2D eigenvalue weighted by atomic mass is 10.2. The Kier molecular flexibility index (Phi) is 5.04. The number of morpholine rings is 1. The van der Waals surface area contributed by atoms with Gasteiger partial charge in [0.1, 0.15) is 0 Å². The number of hydrogen-bond donors (Lipinski definition) is 3. The summed E-state index contributed by atoms with van der Waals surface area (Å²) in [5.74, 6) is 0. The summed E-state index contributed by atoms with van der Waals surface area (Å²) in [6.07, 6.45) is 0. The number of aromatic amines is 2. The third-order valence-electron chi connectivity index (χ3n) is 4.01. The average molecular weight is 368 g/mol. The van der Waals surface area contributed by atoms with E-state index >= 15 is 0 Å². The van der Waals surface area contributed by atoms with E-state index in [-0.39, 0.29) is 21.8 Å². The van der Waals surface area contributed by atoms with Gasteiger partial charge in [-0.25, -0.2) is 17.9 Å². The molecule has 2 aromatic rings. The summed E-state index contributed by atoms with van der Waals surface area (Å²) in [5, 5.41) is 0.114. The Labute approximate surface area is 144 Å². The second-order valence-corrected chi connectivity index (χ2v) is 7.76. The normalized spacial score (nSPS) is 17.6. The molecule has 1 saturated heterocycles. The highest BCUT2D eigenvalue weighted by Crippen LogP contribution is 2.14. The van der Waals surface area contributed by atoms with E-state index in [2.05, 4.69) is 19.6 Å². The van der Waals surface area contributed by atoms with Crippen LogP contribution in [0.25, 0.3) is 10.9 Å². The van der Waals surface area contributed by atoms with Gasteiger partial charge in [-0.05, 0) is 25.1 Å². The van der Waals surface area contributed by atoms with Crippen molar-refractivity contribution >= 4 is 20.9 Å². The smallest absolute Gasteiger partial charge is 0.326 e. The maximum absolute atomic E-state index is 12.6. The molecule has 1 aliphatic rings. The first-order valence-electron chi connectivity index (χ1n) is 7.94. The maximum atomic E-state index is 12.6. The van der Waals surface area contributed by atoms with E-state index in [0.29, 0.717) is 19.8 Å². The molecule has 1 atom stereocenters. The fourth-order valence-electron chi connectivity index (χ4n) is 2.85. The lowest BCUT2D eigenvalue weighted by molar-refractivity contribution is 0.0354. The second-order valence-electron chi connectivity index (χ2n) is 6.05. The van der Waals surface area contributed by atoms with Gasteiger partial charge in [0.2, 0.25) is 10.0 Å². The number of nitrogens with one attached hydrogen (secondary N) is 3. The number of hydrogen-bond acceptors (Lipinski definition) is 6. The third-order valence-corrected chi connectivity index (χ3v) is 5.60. The minimum Gasteiger partial charge on any atom is -0.379 e. The number of aromatic nitrogens is 2. The van der Waals surface area contributed by atoms with Crippen molar-refractivity contribution in [2.24, 2.45) is 0 Å². The topological polar surface area (TPSA) is 124 Å². The van der Waals surface area contributed by atoms with Crippen molar-refractivity contribution < 1.29 is 13.2 Å². The van der Waals surface area contributed by atoms with E-state index < -0.39 is 21.3 Å². The van der Waals surface area contributed by atoms with E-state index in [1.807, 2.05) is 0 Å². The van der Waals surface area contributed by atoms with Crippen LogP contribution in [0, 0.1) is 0 Å². The van der Waals surface area contributed by atoms with Crippen molar-refractivity contribution in [3.05, 3.63) is 39.0 Å². The number of benzene rings is 1. The number of rotatable bonds is 5. The Morgan fingerprint density at radius 1 is 1.24 bits per heavy atom. The van der Waals surface area contributed by atoms with Gasteiger partial charge in [0.05, 0.1) is 29.0 Å². The zero-order valence-electron chi connectivity index (χ0n) is 13.7. The number of fused-ring (bicyclic) bond motifs is 1. The van der Waals surface area contributed by atoms with Crippen LogP contribution in [-0.2, 0) is 14.8 Å². The first-order valence-corrected chi connectivity index (χ1v) is 9.42. The molecule has 1 aromatic heterocycles. The van der Waals surface area contributed by atoms with Crippen LogP contribution in [0.2, 0.25) is 0 Å². The van der Waals surface area contributed by atoms with E-state index in [1.165, 1.54) is 18.2 Å². The molecule has 0 saturated carbocycles. The minimum absolute atomic E-state index is 0.0219. The van der Waals surface area contributed by atoms with Crippen LogP contribution in [-0.4, -0.2) is 62.2 Å². The first kappa shape index (κ1) is 17.8. The zero-order valence-corrected chi connectivity index (χ0v) is 14.6. The second kappa shape index (κ2) is 7.08. The van der Waals surface area contributed by atoms with E-state index in [1.54, 1.807) is 6.92 Å². The van der Waals surface area contributed by atoms with Crippen LogP contribution < -0.4 is 16.0 Å². The molecule has 2 heterocycles. The van der Waals surface area contributed by atoms with Gasteiger partial charge >= 0.3 is 5.69 Å². The molecule has 25 heavy (non-hydrogen) atoms. The van der Waals surface area contributed by atoms with Gasteiger partial charge < -0.3 is 9.72 Å². The van der Waals surface area contributed by atoms with Gasteiger partial charge in [0.25, 0.3) is 5.56 Å². The molecule has 1 unspecified atom stereocenters. The molecule has 9 nitrogen and oxygen atoms in total. The summed E-state index contributed by atoms with van der Waals surface area (Å²) in [6.45, 7) is 5.19. The summed E-state index contributed by atoms with van der Waals surface area (Å²) < 4.78 is 33.0. The maximum Gasteiger partial charge on any atom is 0.326 e. The molecule has 3 N–H and O–H groups in total. The van der Waals surface area contributed by atoms with E-state index in [4.69, 9.17) is 4.74 Å². The Balaban J connectivity index is 1.80. The average Bonchev–Trinajstić information content (AvgIpc) is 2.54. The van der Waals surface area contributed by atoms with Gasteiger partial charge in [-0.1, -0.05) is 0 Å². The highest BCUT2D eigenvalue weighted by atomic mass is 32.2. The summed E-state index contributed by atoms with van der Waals surface area (Å²) >= 11 is 0. The summed E-state index contributed by atoms with van der Waals surface area (Å²) in [6, 6.07) is 3.73. The molecule has 0 aliphatic carbocycles. The SMILES string of the molecule is CC(CN1CCOCC1)NS(=O)(=O)c1ccc2[nH]c(=O)[nH]c(=O)c2c1. The predicted octanol–water partition coefficient (Wildman–Crippen LogP) is -0.785. The van der Waals surface area contributed by atoms with Gasteiger partial charge in [0, 0.05) is 25.7 Å². The predicted molar refractivity (Wildman–Crippen MR) is 92.2 cm³/mol. The Morgan fingerprint density at radius 2 is 1.96 bits per heavy atom. The fourth-order valence-corrected chi connectivity index (χ4v) is 4.11. The Morgan fingerprint density at radius 3 is 2.68 bits per heavy atom. The van der Waals surface area contributed by atoms with Crippen molar-refractivity contribution in [1.82, 2.24) is 19.6 Å². The Bertz CT molecular complexity index is 975. The number of sulfonamides is 1. The molecule has 136 valence electrons. The van der Waals surface area contributed by atoms with Crippen molar-refractivity contribution in [3.63, 3.8) is 0 Å².